The number of amides is 12. The molecule has 568 valence electrons. The molecule has 0 heterocycles. The molecule has 102 heavy (non-hydrogen) atoms. The van der Waals surface area contributed by atoms with Crippen LogP contribution in [0.3, 0.4) is 0 Å². The Balaban J connectivity index is 0.00000102. The summed E-state index contributed by atoms with van der Waals surface area (Å²) in [6.45, 7) is 31.7. The third-order valence-electron chi connectivity index (χ3n) is 15.0. The van der Waals surface area contributed by atoms with E-state index in [0.717, 1.165) is 11.1 Å². The summed E-state index contributed by atoms with van der Waals surface area (Å²) in [5, 5.41) is 36.3. The number of nitrogens with one attached hydrogen (secondary N) is 14. The SMILES string of the molecule is COC(=O)C(C)(C)NC(=S)CNC(=O)C(C)(C)NC(=O)C(C)(C)NC(=O)C(C)(C)NC(=O)C(C)(C)NC(=O)[C@H](C)NC(=O)OCc1ccccc1.COC(=O)C(C)(C)NC(=S)CNC(=O)C(C)(C)NC(=O)C(C)(C)NC(=O)C(C)(C)NC(=O)C(C)(C)NC(=O)[C@H](C)NC(=O)OCc1ccccc1. The number of methoxy groups -OCH3 is 2. The van der Waals surface area contributed by atoms with Crippen LogP contribution in [0.1, 0.15) is 163 Å². The maximum absolute atomic E-state index is 13.3. The molecule has 0 bridgehead atoms. The molecule has 0 spiro atoms. The highest BCUT2D eigenvalue weighted by molar-refractivity contribution is 7.80. The van der Waals surface area contributed by atoms with Crippen molar-refractivity contribution < 1.29 is 86.1 Å². The van der Waals surface area contributed by atoms with Crippen LogP contribution in [0.4, 0.5) is 9.59 Å². The number of hydrogen-bond donors (Lipinski definition) is 14. The predicted octanol–water partition coefficient (Wildman–Crippen LogP) is 1.73. The van der Waals surface area contributed by atoms with Crippen molar-refractivity contribution in [2.24, 2.45) is 0 Å². The van der Waals surface area contributed by atoms with Crippen molar-refractivity contribution in [1.29, 1.82) is 0 Å². The maximum atomic E-state index is 13.3. The molecule has 2 aromatic rings. The van der Waals surface area contributed by atoms with Gasteiger partial charge in [0.2, 0.25) is 59.1 Å². The molecule has 2 rings (SSSR count). The Morgan fingerprint density at radius 2 is 0.539 bits per heavy atom. The van der Waals surface area contributed by atoms with Gasteiger partial charge in [-0.15, -0.1) is 0 Å². The molecule has 0 aliphatic rings. The van der Waals surface area contributed by atoms with Crippen LogP contribution in [-0.4, -0.2) is 188 Å². The van der Waals surface area contributed by atoms with E-state index in [9.17, 15) is 67.1 Å². The number of ether oxygens (including phenoxy) is 4. The minimum Gasteiger partial charge on any atom is -0.467 e. The molecule has 34 heteroatoms. The lowest BCUT2D eigenvalue weighted by atomic mass is 9.95. The molecular weight excluding hydrogens is 1360 g/mol. The fourth-order valence-electron chi connectivity index (χ4n) is 8.10. The van der Waals surface area contributed by atoms with Crippen molar-refractivity contribution >= 4 is 118 Å². The number of esters is 2. The third kappa shape index (κ3) is 29.5. The van der Waals surface area contributed by atoms with Gasteiger partial charge in [-0.3, -0.25) is 47.9 Å². The number of thiocarbonyl (C=S) groups is 2. The average Bonchev–Trinajstić information content (AvgIpc) is 0.796. The van der Waals surface area contributed by atoms with Crippen LogP contribution in [0.5, 0.6) is 0 Å². The van der Waals surface area contributed by atoms with Gasteiger partial charge in [0, 0.05) is 0 Å². The van der Waals surface area contributed by atoms with Crippen molar-refractivity contribution in [2.75, 3.05) is 27.3 Å². The first-order valence-corrected chi connectivity index (χ1v) is 33.0. The lowest BCUT2D eigenvalue weighted by molar-refractivity contribution is -0.147. The van der Waals surface area contributed by atoms with E-state index in [4.69, 9.17) is 43.4 Å². The highest BCUT2D eigenvalue weighted by Gasteiger charge is 2.45. The Bertz CT molecular complexity index is 3210. The van der Waals surface area contributed by atoms with E-state index in [2.05, 4.69) is 74.4 Å². The zero-order valence-electron chi connectivity index (χ0n) is 62.9. The first kappa shape index (κ1) is 90.4. The molecule has 2 aromatic carbocycles. The second-order valence-corrected chi connectivity index (χ2v) is 30.2. The fourth-order valence-corrected chi connectivity index (χ4v) is 8.76. The van der Waals surface area contributed by atoms with E-state index in [1.54, 1.807) is 76.2 Å². The van der Waals surface area contributed by atoms with Crippen molar-refractivity contribution in [3.8, 4) is 0 Å². The predicted molar refractivity (Wildman–Crippen MR) is 386 cm³/mol. The number of hydrogen-bond acceptors (Lipinski definition) is 20. The van der Waals surface area contributed by atoms with E-state index in [0.29, 0.717) is 0 Å². The summed E-state index contributed by atoms with van der Waals surface area (Å²) < 4.78 is 19.7. The van der Waals surface area contributed by atoms with Gasteiger partial charge in [-0.05, 0) is 163 Å². The monoisotopic (exact) mass is 1470 g/mol. The van der Waals surface area contributed by atoms with Gasteiger partial charge >= 0.3 is 24.1 Å². The Kier molecular flexibility index (Phi) is 32.7. The Morgan fingerprint density at radius 1 is 0.324 bits per heavy atom. The summed E-state index contributed by atoms with van der Waals surface area (Å²) in [5.41, 5.74) is -13.0. The number of carbonyl (C=O) groups excluding carboxylic acids is 14. The summed E-state index contributed by atoms with van der Waals surface area (Å²) >= 11 is 10.4. The van der Waals surface area contributed by atoms with Crippen LogP contribution in [-0.2, 0) is 89.7 Å². The summed E-state index contributed by atoms with van der Waals surface area (Å²) in [6, 6.07) is 15.8. The molecule has 0 saturated heterocycles. The molecule has 0 aliphatic carbocycles. The van der Waals surface area contributed by atoms with E-state index in [-0.39, 0.29) is 36.3 Å². The molecule has 0 saturated carbocycles. The number of alkyl carbamates (subject to hydrolysis) is 2. The van der Waals surface area contributed by atoms with Crippen LogP contribution in [0.15, 0.2) is 60.7 Å². The molecule has 0 aliphatic heterocycles. The summed E-state index contributed by atoms with van der Waals surface area (Å²) in [5.74, 6) is -7.98. The summed E-state index contributed by atoms with van der Waals surface area (Å²) in [7, 11) is 2.48. The van der Waals surface area contributed by atoms with Crippen molar-refractivity contribution in [1.82, 2.24) is 74.4 Å². The topological polar surface area (TPSA) is 444 Å². The van der Waals surface area contributed by atoms with Gasteiger partial charge in [0.15, 0.2) is 0 Å². The van der Waals surface area contributed by atoms with Crippen molar-refractivity contribution in [3.05, 3.63) is 71.8 Å². The summed E-state index contributed by atoms with van der Waals surface area (Å²) in [4.78, 5) is 180. The molecule has 12 amide bonds. The van der Waals surface area contributed by atoms with Crippen LogP contribution < -0.4 is 74.4 Å². The fraction of sp³-hybridized carbons (Fsp3) is 0.588. The van der Waals surface area contributed by atoms with Crippen LogP contribution >= 0.6 is 24.4 Å². The van der Waals surface area contributed by atoms with Crippen LogP contribution in [0.2, 0.25) is 0 Å². The summed E-state index contributed by atoms with van der Waals surface area (Å²) in [6.07, 6.45) is -1.65. The standard InChI is InChI=1S/2C34H53N7O9S/c2*1-20(36-29(48)50-19-21-16-14-13-15-17-21)23(42)38-31(4,5)25(44)40-33(8,9)27(46)41-32(6,7)26(45)39-30(2,3)24(43)35-18-22(51)37-34(10,11)28(47)49-12/h2*13-17,20H,18-19H2,1-12H3,(H,35,43)(H,36,48)(H,37,51)(H,38,42)(H,39,45)(H,40,44)(H,41,46)/t2*20-/m00/s1. The molecule has 2 atom stereocenters. The maximum Gasteiger partial charge on any atom is 0.408 e. The van der Waals surface area contributed by atoms with E-state index < -0.39 is 151 Å². The first-order valence-electron chi connectivity index (χ1n) is 32.2. The molecule has 0 radical (unpaired) electrons. The molecule has 32 nitrogen and oxygen atoms in total. The van der Waals surface area contributed by atoms with Gasteiger partial charge in [-0.2, -0.15) is 0 Å². The van der Waals surface area contributed by atoms with Crippen molar-refractivity contribution in [2.45, 2.75) is 233 Å². The van der Waals surface area contributed by atoms with E-state index >= 15 is 0 Å². The minimum atomic E-state index is -1.57. The van der Waals surface area contributed by atoms with Crippen LogP contribution in [0, 0.1) is 0 Å². The minimum absolute atomic E-state index is 0.00420. The molecule has 0 unspecified atom stereocenters. The molecule has 0 aromatic heterocycles. The zero-order chi connectivity index (χ0) is 79.2. The molecule has 0 fully saturated rings. The second kappa shape index (κ2) is 36.8. The quantitative estimate of drug-likeness (QED) is 0.0282. The van der Waals surface area contributed by atoms with Gasteiger partial charge in [0.05, 0.1) is 37.3 Å². The number of benzene rings is 2. The van der Waals surface area contributed by atoms with Gasteiger partial charge in [-0.1, -0.05) is 85.1 Å². The average molecular weight is 1470 g/mol. The second-order valence-electron chi connectivity index (χ2n) is 29.3. The van der Waals surface area contributed by atoms with E-state index in [1.165, 1.54) is 139 Å². The largest absolute Gasteiger partial charge is 0.467 e. The van der Waals surface area contributed by atoms with Crippen LogP contribution in [0.25, 0.3) is 0 Å². The third-order valence-corrected chi connectivity index (χ3v) is 15.5. The smallest absolute Gasteiger partial charge is 0.408 e. The molecule has 14 N–H and O–H groups in total. The normalized spacial score (nSPS) is 12.6. The highest BCUT2D eigenvalue weighted by atomic mass is 32.1. The van der Waals surface area contributed by atoms with Gasteiger partial charge in [0.25, 0.3) is 0 Å². The lowest BCUT2D eigenvalue weighted by Gasteiger charge is -2.36. The number of carbonyl (C=O) groups is 14. The Labute approximate surface area is 607 Å². The lowest BCUT2D eigenvalue weighted by Crippen LogP contribution is -2.68. The Morgan fingerprint density at radius 3 is 0.765 bits per heavy atom. The van der Waals surface area contributed by atoms with E-state index in [1.807, 2.05) is 12.1 Å². The Hall–Kier alpha value is -9.60. The highest BCUT2D eigenvalue weighted by Crippen LogP contribution is 2.17. The van der Waals surface area contributed by atoms with Gasteiger partial charge in [-0.25, -0.2) is 19.2 Å². The number of rotatable bonds is 32. The van der Waals surface area contributed by atoms with Crippen molar-refractivity contribution in [3.63, 3.8) is 0 Å². The van der Waals surface area contributed by atoms with Gasteiger partial charge in [0.1, 0.15) is 80.7 Å². The molecular formula is C68H106N14O18S2. The first-order chi connectivity index (χ1) is 46.3. The zero-order valence-corrected chi connectivity index (χ0v) is 64.6. The van der Waals surface area contributed by atoms with Gasteiger partial charge < -0.3 is 93.4 Å².